The van der Waals surface area contributed by atoms with E-state index in [4.69, 9.17) is 9.47 Å². The van der Waals surface area contributed by atoms with Crippen LogP contribution < -0.4 is 5.32 Å². The Bertz CT molecular complexity index is 1250. The van der Waals surface area contributed by atoms with E-state index < -0.39 is 41.7 Å². The van der Waals surface area contributed by atoms with Crippen LogP contribution in [0.15, 0.2) is 48.5 Å². The molecule has 1 unspecified atom stereocenters. The first-order valence-corrected chi connectivity index (χ1v) is 14.0. The van der Waals surface area contributed by atoms with Crippen LogP contribution in [0.25, 0.3) is 11.1 Å². The van der Waals surface area contributed by atoms with Gasteiger partial charge in [-0.25, -0.2) is 14.4 Å². The zero-order valence-electron chi connectivity index (χ0n) is 24.3. The number of amides is 3. The minimum Gasteiger partial charge on any atom is -0.480 e. The van der Waals surface area contributed by atoms with Crippen molar-refractivity contribution in [1.82, 2.24) is 15.1 Å². The topological polar surface area (TPSA) is 125 Å². The van der Waals surface area contributed by atoms with Gasteiger partial charge in [-0.05, 0) is 68.7 Å². The normalized spacial score (nSPS) is 16.7. The Morgan fingerprint density at radius 2 is 1.54 bits per heavy atom. The van der Waals surface area contributed by atoms with Gasteiger partial charge in [-0.3, -0.25) is 9.69 Å². The Balaban J connectivity index is 1.32. The van der Waals surface area contributed by atoms with E-state index >= 15 is 0 Å². The molecule has 2 N–H and O–H groups in total. The number of rotatable bonds is 7. The smallest absolute Gasteiger partial charge is 0.410 e. The number of ether oxygens (including phenoxy) is 2. The number of carbonyl (C=O) groups is 4. The van der Waals surface area contributed by atoms with Gasteiger partial charge in [-0.1, -0.05) is 48.5 Å². The molecule has 2 atom stereocenters. The summed E-state index contributed by atoms with van der Waals surface area (Å²) in [5.74, 6) is -2.25. The number of benzene rings is 2. The highest BCUT2D eigenvalue weighted by atomic mass is 16.6. The zero-order valence-corrected chi connectivity index (χ0v) is 24.3. The molecule has 1 aliphatic carbocycles. The molecule has 2 aliphatic rings. The number of nitrogens with zero attached hydrogens (tertiary/aromatic N) is 2. The average molecular weight is 566 g/mol. The molecule has 0 bridgehead atoms. The standard InChI is InChI=1S/C31H39N3O7/c1-19(27(35)32-26(28(36)37)20-14-16-34(17-15-20)30(39)41-31(2,3)4)33(5)29(38)40-18-25-23-12-8-6-10-21(23)22-11-7-9-13-24(22)25/h6-13,19-20,25-26H,14-18H2,1-5H3,(H,32,35)(H,36,37)/t19-,26?/m0/s1. The predicted octanol–water partition coefficient (Wildman–Crippen LogP) is 4.47. The van der Waals surface area contributed by atoms with Crippen LogP contribution in [0.5, 0.6) is 0 Å². The van der Waals surface area contributed by atoms with Crippen molar-refractivity contribution < 1.29 is 33.8 Å². The summed E-state index contributed by atoms with van der Waals surface area (Å²) < 4.78 is 11.1. The lowest BCUT2D eigenvalue weighted by Crippen LogP contribution is -2.55. The molecule has 10 heteroatoms. The van der Waals surface area contributed by atoms with Gasteiger partial charge in [0.2, 0.25) is 5.91 Å². The third-order valence-corrected chi connectivity index (χ3v) is 7.81. The molecule has 1 fully saturated rings. The Labute approximate surface area is 240 Å². The first-order chi connectivity index (χ1) is 19.4. The van der Waals surface area contributed by atoms with Crippen molar-refractivity contribution in [3.8, 4) is 11.1 Å². The van der Waals surface area contributed by atoms with Gasteiger partial charge in [0.15, 0.2) is 0 Å². The summed E-state index contributed by atoms with van der Waals surface area (Å²) >= 11 is 0. The molecule has 0 radical (unpaired) electrons. The van der Waals surface area contributed by atoms with Crippen LogP contribution in [-0.4, -0.2) is 83.4 Å². The molecule has 220 valence electrons. The molecule has 4 rings (SSSR count). The van der Waals surface area contributed by atoms with E-state index in [0.29, 0.717) is 25.9 Å². The number of likely N-dealkylation sites (N-methyl/N-ethyl adjacent to an activating group) is 1. The van der Waals surface area contributed by atoms with E-state index in [2.05, 4.69) is 17.4 Å². The van der Waals surface area contributed by atoms with Crippen LogP contribution in [0.4, 0.5) is 9.59 Å². The van der Waals surface area contributed by atoms with E-state index in [1.54, 1.807) is 25.7 Å². The van der Waals surface area contributed by atoms with E-state index in [1.807, 2.05) is 36.4 Å². The monoisotopic (exact) mass is 565 g/mol. The van der Waals surface area contributed by atoms with Crippen LogP contribution in [0.3, 0.4) is 0 Å². The van der Waals surface area contributed by atoms with Crippen molar-refractivity contribution >= 4 is 24.1 Å². The Morgan fingerprint density at radius 1 is 1.00 bits per heavy atom. The van der Waals surface area contributed by atoms with Crippen LogP contribution in [0.1, 0.15) is 57.6 Å². The number of hydrogen-bond acceptors (Lipinski definition) is 6. The lowest BCUT2D eigenvalue weighted by Gasteiger charge is -2.36. The molecule has 3 amide bonds. The number of carboxylic acid groups (broad SMARTS) is 1. The number of carboxylic acids is 1. The first-order valence-electron chi connectivity index (χ1n) is 14.0. The highest BCUT2D eigenvalue weighted by Crippen LogP contribution is 2.44. The maximum atomic E-state index is 13.1. The minimum atomic E-state index is -1.16. The van der Waals surface area contributed by atoms with Gasteiger partial charge in [0.05, 0.1) is 0 Å². The first kappa shape index (κ1) is 29.9. The van der Waals surface area contributed by atoms with Gasteiger partial charge in [0, 0.05) is 26.1 Å². The third kappa shape index (κ3) is 6.81. The fourth-order valence-corrected chi connectivity index (χ4v) is 5.43. The SMILES string of the molecule is C[C@@H](C(=O)NC(C(=O)O)C1CCN(C(=O)OC(C)(C)C)CC1)N(C)C(=O)OCC1c2ccccc2-c2ccccc21. The number of hydrogen-bond donors (Lipinski definition) is 2. The van der Waals surface area contributed by atoms with Crippen molar-refractivity contribution in [3.05, 3.63) is 59.7 Å². The number of piperidine rings is 1. The summed E-state index contributed by atoms with van der Waals surface area (Å²) in [6, 6.07) is 13.9. The summed E-state index contributed by atoms with van der Waals surface area (Å²) in [4.78, 5) is 53.2. The van der Waals surface area contributed by atoms with Crippen molar-refractivity contribution in [2.45, 2.75) is 64.1 Å². The fraction of sp³-hybridized carbons (Fsp3) is 0.484. The van der Waals surface area contributed by atoms with Crippen molar-refractivity contribution in [2.24, 2.45) is 5.92 Å². The second kappa shape index (κ2) is 12.2. The van der Waals surface area contributed by atoms with Gasteiger partial charge in [-0.15, -0.1) is 0 Å². The predicted molar refractivity (Wildman–Crippen MR) is 152 cm³/mol. The second-order valence-corrected chi connectivity index (χ2v) is 11.7. The zero-order chi connectivity index (χ0) is 29.9. The number of likely N-dealkylation sites (tertiary alicyclic amines) is 1. The second-order valence-electron chi connectivity index (χ2n) is 11.7. The van der Waals surface area contributed by atoms with E-state index in [9.17, 15) is 24.3 Å². The quantitative estimate of drug-likeness (QED) is 0.507. The van der Waals surface area contributed by atoms with E-state index in [1.165, 1.54) is 18.9 Å². The summed E-state index contributed by atoms with van der Waals surface area (Å²) in [7, 11) is 1.46. The molecule has 0 saturated carbocycles. The Kier molecular flexibility index (Phi) is 8.89. The molecule has 0 aromatic heterocycles. The number of carbonyl (C=O) groups excluding carboxylic acids is 3. The average Bonchev–Trinajstić information content (AvgIpc) is 3.26. The molecule has 41 heavy (non-hydrogen) atoms. The molecule has 10 nitrogen and oxygen atoms in total. The molecule has 1 saturated heterocycles. The lowest BCUT2D eigenvalue weighted by molar-refractivity contribution is -0.144. The minimum absolute atomic E-state index is 0.111. The van der Waals surface area contributed by atoms with Crippen LogP contribution >= 0.6 is 0 Å². The summed E-state index contributed by atoms with van der Waals surface area (Å²) in [5.41, 5.74) is 3.76. The van der Waals surface area contributed by atoms with Gasteiger partial charge >= 0.3 is 18.2 Å². The summed E-state index contributed by atoms with van der Waals surface area (Å²) in [5, 5.41) is 12.5. The third-order valence-electron chi connectivity index (χ3n) is 7.81. The maximum absolute atomic E-state index is 13.1. The van der Waals surface area contributed by atoms with Crippen LogP contribution in [-0.2, 0) is 19.1 Å². The Hall–Kier alpha value is -4.08. The molecule has 2 aromatic carbocycles. The van der Waals surface area contributed by atoms with E-state index in [-0.39, 0.29) is 18.4 Å². The number of fused-ring (bicyclic) bond motifs is 3. The molecular formula is C31H39N3O7. The highest BCUT2D eigenvalue weighted by Gasteiger charge is 2.37. The molecule has 1 heterocycles. The number of aliphatic carboxylic acids is 1. The van der Waals surface area contributed by atoms with Crippen molar-refractivity contribution in [2.75, 3.05) is 26.7 Å². The van der Waals surface area contributed by atoms with Gasteiger partial charge < -0.3 is 24.8 Å². The summed E-state index contributed by atoms with van der Waals surface area (Å²) in [6.45, 7) is 7.65. The van der Waals surface area contributed by atoms with Gasteiger partial charge in [-0.2, -0.15) is 0 Å². The van der Waals surface area contributed by atoms with Crippen molar-refractivity contribution in [3.63, 3.8) is 0 Å². The fourth-order valence-electron chi connectivity index (χ4n) is 5.43. The highest BCUT2D eigenvalue weighted by molar-refractivity contribution is 5.89. The maximum Gasteiger partial charge on any atom is 0.410 e. The van der Waals surface area contributed by atoms with Gasteiger partial charge in [0.1, 0.15) is 24.3 Å². The van der Waals surface area contributed by atoms with Crippen LogP contribution in [0, 0.1) is 5.92 Å². The summed E-state index contributed by atoms with van der Waals surface area (Å²) in [6.07, 6.45) is -0.322. The van der Waals surface area contributed by atoms with Crippen LogP contribution in [0.2, 0.25) is 0 Å². The molecular weight excluding hydrogens is 526 g/mol. The molecule has 1 aliphatic heterocycles. The van der Waals surface area contributed by atoms with Gasteiger partial charge in [0.25, 0.3) is 0 Å². The Morgan fingerprint density at radius 3 is 2.05 bits per heavy atom. The number of nitrogens with one attached hydrogen (secondary N) is 1. The van der Waals surface area contributed by atoms with E-state index in [0.717, 1.165) is 22.3 Å². The molecule has 2 aromatic rings. The molecule has 0 spiro atoms. The lowest BCUT2D eigenvalue weighted by atomic mass is 9.89. The van der Waals surface area contributed by atoms with Crippen molar-refractivity contribution in [1.29, 1.82) is 0 Å². The largest absolute Gasteiger partial charge is 0.480 e.